The topological polar surface area (TPSA) is 83.0 Å². The summed E-state index contributed by atoms with van der Waals surface area (Å²) in [5.41, 5.74) is 0.966. The first kappa shape index (κ1) is 28.9. The Morgan fingerprint density at radius 1 is 1.00 bits per heavy atom. The summed E-state index contributed by atoms with van der Waals surface area (Å²) in [6.45, 7) is 4.69. The highest BCUT2D eigenvalue weighted by atomic mass is 35.5. The first-order valence-electron chi connectivity index (χ1n) is 16.8. The Bertz CT molecular complexity index is 1810. The van der Waals surface area contributed by atoms with Crippen molar-refractivity contribution in [3.05, 3.63) is 53.3 Å². The fourth-order valence-corrected chi connectivity index (χ4v) is 9.08. The Kier molecular flexibility index (Phi) is 7.04. The van der Waals surface area contributed by atoms with Gasteiger partial charge < -0.3 is 24.8 Å². The molecule has 1 saturated carbocycles. The van der Waals surface area contributed by atoms with Crippen molar-refractivity contribution in [3.8, 4) is 22.9 Å². The molecule has 5 heterocycles. The summed E-state index contributed by atoms with van der Waals surface area (Å²) in [7, 11) is 0. The van der Waals surface area contributed by atoms with Crippen LogP contribution in [0.4, 0.5) is 10.2 Å². The maximum atomic E-state index is 17.0. The molecule has 2 N–H and O–H groups in total. The summed E-state index contributed by atoms with van der Waals surface area (Å²) in [5.74, 6) is 0.181. The summed E-state index contributed by atoms with van der Waals surface area (Å²) < 4.78 is 29.3. The molecule has 4 aromatic rings. The van der Waals surface area contributed by atoms with Crippen LogP contribution in [0.2, 0.25) is 5.02 Å². The number of nitrogens with zero attached hydrogens (tertiary/aromatic N) is 4. The van der Waals surface area contributed by atoms with E-state index in [-0.39, 0.29) is 33.3 Å². The van der Waals surface area contributed by atoms with Crippen molar-refractivity contribution in [1.82, 2.24) is 20.2 Å². The van der Waals surface area contributed by atoms with Gasteiger partial charge in [-0.3, -0.25) is 4.90 Å². The van der Waals surface area contributed by atoms with Crippen molar-refractivity contribution in [3.63, 3.8) is 0 Å². The molecule has 4 saturated heterocycles. The first-order valence-corrected chi connectivity index (χ1v) is 17.2. The van der Waals surface area contributed by atoms with Gasteiger partial charge in [-0.25, -0.2) is 4.39 Å². The van der Waals surface area contributed by atoms with Gasteiger partial charge >= 0.3 is 6.01 Å². The Hall–Kier alpha value is -3.24. The van der Waals surface area contributed by atoms with Gasteiger partial charge in [-0.2, -0.15) is 9.97 Å². The zero-order valence-electron chi connectivity index (χ0n) is 25.9. The molecule has 0 amide bonds. The van der Waals surface area contributed by atoms with Gasteiger partial charge in [0.1, 0.15) is 17.1 Å². The number of morpholine rings is 1. The second-order valence-corrected chi connectivity index (χ2v) is 14.7. The standard InChI is InChI=1S/C36H39ClFN5O3/c37-30-14-29-33(32(38)31(30)28-13-26(44)12-21-4-1-2-5-27(21)28)40-35(41-34(29)42-15-22-6-7-23(16-42)39-22)46-20-36(10-3-11-36)19-43-24-8-9-25(43)18-45-17-24/h1-2,4-5,12-14,22-25,39,44H,3,6-11,15-20H2. The number of rotatable bonds is 7. The van der Waals surface area contributed by atoms with Crippen LogP contribution in [0.25, 0.3) is 32.8 Å². The van der Waals surface area contributed by atoms with E-state index in [2.05, 4.69) is 15.1 Å². The molecule has 4 atom stereocenters. The molecule has 5 aliphatic rings. The second kappa shape index (κ2) is 11.2. The van der Waals surface area contributed by atoms with Gasteiger partial charge in [-0.1, -0.05) is 42.3 Å². The molecule has 240 valence electrons. The third-order valence-electron chi connectivity index (χ3n) is 11.3. The normalized spacial score (nSPS) is 27.0. The third-order valence-corrected chi connectivity index (χ3v) is 11.6. The van der Waals surface area contributed by atoms with Gasteiger partial charge in [0.05, 0.1) is 24.8 Å². The van der Waals surface area contributed by atoms with E-state index in [1.807, 2.05) is 24.3 Å². The Labute approximate surface area is 272 Å². The molecular formula is C36H39ClFN5O3. The fraction of sp³-hybridized carbons (Fsp3) is 0.500. The summed E-state index contributed by atoms with van der Waals surface area (Å²) in [4.78, 5) is 14.7. The van der Waals surface area contributed by atoms with E-state index in [0.717, 1.165) is 69.3 Å². The maximum absolute atomic E-state index is 17.0. The lowest BCUT2D eigenvalue weighted by Gasteiger charge is -2.47. The van der Waals surface area contributed by atoms with Crippen molar-refractivity contribution in [1.29, 1.82) is 0 Å². The molecule has 0 spiro atoms. The highest BCUT2D eigenvalue weighted by Gasteiger charge is 2.46. The summed E-state index contributed by atoms with van der Waals surface area (Å²) in [6, 6.07) is 14.6. The van der Waals surface area contributed by atoms with Crippen molar-refractivity contribution in [2.24, 2.45) is 5.41 Å². The number of hydrogen-bond acceptors (Lipinski definition) is 8. The molecule has 4 bridgehead atoms. The molecule has 1 aromatic heterocycles. The fourth-order valence-electron chi connectivity index (χ4n) is 8.78. The maximum Gasteiger partial charge on any atom is 0.319 e. The second-order valence-electron chi connectivity index (χ2n) is 14.3. The van der Waals surface area contributed by atoms with Gasteiger partial charge in [0.15, 0.2) is 5.82 Å². The lowest BCUT2D eigenvalue weighted by atomic mass is 9.69. The zero-order valence-corrected chi connectivity index (χ0v) is 26.6. The van der Waals surface area contributed by atoms with Crippen LogP contribution in [0, 0.1) is 11.2 Å². The minimum Gasteiger partial charge on any atom is -0.508 e. The van der Waals surface area contributed by atoms with E-state index >= 15 is 4.39 Å². The van der Waals surface area contributed by atoms with Crippen LogP contribution in [-0.4, -0.2) is 83.6 Å². The number of nitrogens with one attached hydrogen (secondary N) is 1. The number of benzene rings is 3. The van der Waals surface area contributed by atoms with Crippen LogP contribution in [0.3, 0.4) is 0 Å². The van der Waals surface area contributed by atoms with E-state index in [1.165, 1.54) is 19.3 Å². The number of halogens is 2. The average molecular weight is 644 g/mol. The van der Waals surface area contributed by atoms with Gasteiger partial charge in [0, 0.05) is 60.2 Å². The highest BCUT2D eigenvalue weighted by Crippen LogP contribution is 2.46. The lowest BCUT2D eigenvalue weighted by molar-refractivity contribution is -0.0612. The predicted molar refractivity (Wildman–Crippen MR) is 177 cm³/mol. The molecule has 3 aromatic carbocycles. The van der Waals surface area contributed by atoms with Gasteiger partial charge in [-0.05, 0) is 73.1 Å². The minimum absolute atomic E-state index is 0.0367. The molecule has 8 nitrogen and oxygen atoms in total. The average Bonchev–Trinajstić information content (AvgIpc) is 3.47. The largest absolute Gasteiger partial charge is 0.508 e. The minimum atomic E-state index is -0.534. The molecular weight excluding hydrogens is 605 g/mol. The molecule has 4 aliphatic heterocycles. The summed E-state index contributed by atoms with van der Waals surface area (Å²) in [5, 5.41) is 16.7. The number of aromatic nitrogens is 2. The number of phenols is 1. The monoisotopic (exact) mass is 643 g/mol. The SMILES string of the molecule is Oc1cc(-c2c(Cl)cc3c(N4CC5CCC(C4)N5)nc(OCC4(CN5C6CCC5COC6)CCC4)nc3c2F)c2ccccc2c1. The van der Waals surface area contributed by atoms with Crippen molar-refractivity contribution >= 4 is 39.1 Å². The van der Waals surface area contributed by atoms with Crippen LogP contribution in [0.15, 0.2) is 42.5 Å². The molecule has 1 aliphatic carbocycles. The Balaban J connectivity index is 1.12. The van der Waals surface area contributed by atoms with E-state index in [0.29, 0.717) is 47.5 Å². The number of hydrogen-bond donors (Lipinski definition) is 2. The Morgan fingerprint density at radius 2 is 1.76 bits per heavy atom. The summed E-state index contributed by atoms with van der Waals surface area (Å²) >= 11 is 6.93. The van der Waals surface area contributed by atoms with Crippen LogP contribution in [-0.2, 0) is 4.74 Å². The number of anilines is 1. The van der Waals surface area contributed by atoms with Gasteiger partial charge in [0.25, 0.3) is 0 Å². The lowest BCUT2D eigenvalue weighted by Crippen LogP contribution is -2.54. The van der Waals surface area contributed by atoms with Crippen LogP contribution < -0.4 is 15.0 Å². The number of fused-ring (bicyclic) bond motifs is 6. The van der Waals surface area contributed by atoms with Gasteiger partial charge in [0.2, 0.25) is 0 Å². The third kappa shape index (κ3) is 4.89. The van der Waals surface area contributed by atoms with Crippen LogP contribution in [0.1, 0.15) is 44.9 Å². The van der Waals surface area contributed by atoms with E-state index in [9.17, 15) is 5.11 Å². The highest BCUT2D eigenvalue weighted by molar-refractivity contribution is 6.35. The smallest absolute Gasteiger partial charge is 0.319 e. The molecule has 9 rings (SSSR count). The van der Waals surface area contributed by atoms with Crippen molar-refractivity contribution in [2.45, 2.75) is 69.1 Å². The number of phenolic OH excluding ortho intramolecular Hbond substituents is 1. The van der Waals surface area contributed by atoms with Crippen LogP contribution >= 0.6 is 11.6 Å². The number of ether oxygens (including phenoxy) is 2. The van der Waals surface area contributed by atoms with Crippen molar-refractivity contribution in [2.75, 3.05) is 44.4 Å². The predicted octanol–water partition coefficient (Wildman–Crippen LogP) is 6.30. The quantitative estimate of drug-likeness (QED) is 0.243. The molecule has 46 heavy (non-hydrogen) atoms. The summed E-state index contributed by atoms with van der Waals surface area (Å²) in [6.07, 6.45) is 8.01. The number of aromatic hydroxyl groups is 1. The molecule has 4 unspecified atom stereocenters. The van der Waals surface area contributed by atoms with Crippen LogP contribution in [0.5, 0.6) is 11.8 Å². The molecule has 0 radical (unpaired) electrons. The van der Waals surface area contributed by atoms with Gasteiger partial charge in [-0.15, -0.1) is 0 Å². The zero-order chi connectivity index (χ0) is 31.0. The van der Waals surface area contributed by atoms with E-state index in [1.54, 1.807) is 18.2 Å². The Morgan fingerprint density at radius 3 is 2.50 bits per heavy atom. The van der Waals surface area contributed by atoms with E-state index in [4.69, 9.17) is 31.0 Å². The number of piperazine rings is 1. The van der Waals surface area contributed by atoms with Crippen molar-refractivity contribution < 1.29 is 19.0 Å². The molecule has 10 heteroatoms. The first-order chi connectivity index (χ1) is 22.4. The van der Waals surface area contributed by atoms with E-state index < -0.39 is 5.82 Å². The molecule has 5 fully saturated rings.